The smallest absolute Gasteiger partial charge is 0.145 e. The van der Waals surface area contributed by atoms with Crippen molar-refractivity contribution < 1.29 is 18.9 Å². The quantitative estimate of drug-likeness (QED) is 0.789. The highest BCUT2D eigenvalue weighted by atomic mass is 35.5. The van der Waals surface area contributed by atoms with Gasteiger partial charge in [0.15, 0.2) is 0 Å². The molecule has 0 bridgehead atoms. The normalized spacial score (nSPS) is 27.3. The SMILES string of the molecule is COC1(c2cc(OC3COC3)cc(Cl)n2)CCOC1. The fraction of sp³-hybridized carbons (Fsp3) is 0.615. The molecule has 19 heavy (non-hydrogen) atoms. The first-order chi connectivity index (χ1) is 9.22. The summed E-state index contributed by atoms with van der Waals surface area (Å²) in [7, 11) is 1.66. The maximum absolute atomic E-state index is 6.07. The molecule has 0 radical (unpaired) electrons. The zero-order valence-electron chi connectivity index (χ0n) is 10.7. The van der Waals surface area contributed by atoms with Crippen molar-refractivity contribution in [1.82, 2.24) is 4.98 Å². The lowest BCUT2D eigenvalue weighted by molar-refractivity contribution is -0.0800. The number of hydrogen-bond acceptors (Lipinski definition) is 5. The van der Waals surface area contributed by atoms with Crippen molar-refractivity contribution in [3.8, 4) is 5.75 Å². The molecular formula is C13H16ClNO4. The minimum atomic E-state index is -0.515. The van der Waals surface area contributed by atoms with Crippen molar-refractivity contribution in [1.29, 1.82) is 0 Å². The van der Waals surface area contributed by atoms with E-state index >= 15 is 0 Å². The number of rotatable bonds is 4. The molecule has 6 heteroatoms. The molecule has 1 aromatic heterocycles. The van der Waals surface area contributed by atoms with Crippen molar-refractivity contribution in [2.45, 2.75) is 18.1 Å². The van der Waals surface area contributed by atoms with Gasteiger partial charge >= 0.3 is 0 Å². The third-order valence-electron chi connectivity index (χ3n) is 3.52. The Labute approximate surface area is 116 Å². The minimum absolute atomic E-state index is 0.102. The molecule has 1 aromatic rings. The summed E-state index contributed by atoms with van der Waals surface area (Å²) in [6, 6.07) is 3.59. The van der Waals surface area contributed by atoms with E-state index in [9.17, 15) is 0 Å². The van der Waals surface area contributed by atoms with Crippen LogP contribution in [-0.4, -0.2) is 44.6 Å². The molecule has 2 saturated heterocycles. The van der Waals surface area contributed by atoms with Gasteiger partial charge in [-0.05, 0) is 0 Å². The third-order valence-corrected chi connectivity index (χ3v) is 3.71. The molecule has 1 unspecified atom stereocenters. The van der Waals surface area contributed by atoms with Crippen LogP contribution in [0.25, 0.3) is 0 Å². The molecule has 0 spiro atoms. The largest absolute Gasteiger partial charge is 0.485 e. The van der Waals surface area contributed by atoms with E-state index in [4.69, 9.17) is 30.5 Å². The van der Waals surface area contributed by atoms with Gasteiger partial charge in [0.05, 0.1) is 25.5 Å². The van der Waals surface area contributed by atoms with E-state index in [0.29, 0.717) is 37.3 Å². The van der Waals surface area contributed by atoms with E-state index in [-0.39, 0.29) is 6.10 Å². The van der Waals surface area contributed by atoms with Crippen LogP contribution in [0.3, 0.4) is 0 Å². The predicted octanol–water partition coefficient (Wildman–Crippen LogP) is 1.77. The fourth-order valence-corrected chi connectivity index (χ4v) is 2.46. The molecule has 5 nitrogen and oxygen atoms in total. The van der Waals surface area contributed by atoms with E-state index in [2.05, 4.69) is 4.98 Å². The minimum Gasteiger partial charge on any atom is -0.485 e. The third kappa shape index (κ3) is 2.56. The summed E-state index contributed by atoms with van der Waals surface area (Å²) < 4.78 is 21.9. The number of hydrogen-bond donors (Lipinski definition) is 0. The second-order valence-corrected chi connectivity index (χ2v) is 5.18. The molecule has 104 valence electrons. The second kappa shape index (κ2) is 5.25. The van der Waals surface area contributed by atoms with E-state index in [1.165, 1.54) is 0 Å². The van der Waals surface area contributed by atoms with Crippen LogP contribution in [0.4, 0.5) is 0 Å². The molecule has 3 rings (SSSR count). The molecule has 0 saturated carbocycles. The molecule has 2 aliphatic heterocycles. The van der Waals surface area contributed by atoms with Crippen molar-refractivity contribution >= 4 is 11.6 Å². The van der Waals surface area contributed by atoms with E-state index in [1.807, 2.05) is 6.07 Å². The van der Waals surface area contributed by atoms with Crippen LogP contribution in [0.15, 0.2) is 12.1 Å². The van der Waals surface area contributed by atoms with Crippen molar-refractivity contribution in [2.24, 2.45) is 0 Å². The van der Waals surface area contributed by atoms with Crippen LogP contribution in [0.2, 0.25) is 5.15 Å². The first kappa shape index (κ1) is 13.1. The average Bonchev–Trinajstić information content (AvgIpc) is 2.83. The van der Waals surface area contributed by atoms with Crippen LogP contribution >= 0.6 is 11.6 Å². The van der Waals surface area contributed by atoms with Gasteiger partial charge in [-0.15, -0.1) is 0 Å². The Morgan fingerprint density at radius 3 is 2.79 bits per heavy atom. The van der Waals surface area contributed by atoms with Gasteiger partial charge in [0.1, 0.15) is 22.6 Å². The zero-order chi connectivity index (χ0) is 13.3. The number of pyridine rings is 1. The standard InChI is InChI=1S/C13H16ClNO4/c1-16-13(2-3-17-8-13)11-4-9(5-12(14)15-11)19-10-6-18-7-10/h4-5,10H,2-3,6-8H2,1H3. The Morgan fingerprint density at radius 2 is 2.21 bits per heavy atom. The molecule has 0 aromatic carbocycles. The zero-order valence-corrected chi connectivity index (χ0v) is 11.5. The second-order valence-electron chi connectivity index (χ2n) is 4.79. The van der Waals surface area contributed by atoms with E-state index in [1.54, 1.807) is 13.2 Å². The van der Waals surface area contributed by atoms with Crippen molar-refractivity contribution in [3.05, 3.63) is 23.0 Å². The molecule has 1 atom stereocenters. The first-order valence-corrected chi connectivity index (χ1v) is 6.65. The first-order valence-electron chi connectivity index (χ1n) is 6.27. The van der Waals surface area contributed by atoms with E-state index < -0.39 is 5.60 Å². The summed E-state index contributed by atoms with van der Waals surface area (Å²) in [5.41, 5.74) is 0.245. The Kier molecular flexibility index (Phi) is 3.62. The van der Waals surface area contributed by atoms with Crippen LogP contribution < -0.4 is 4.74 Å². The van der Waals surface area contributed by atoms with Gasteiger partial charge in [-0.2, -0.15) is 0 Å². The number of methoxy groups -OCH3 is 1. The Hall–Kier alpha value is -0.880. The average molecular weight is 286 g/mol. The summed E-state index contributed by atoms with van der Waals surface area (Å²) >= 11 is 6.07. The van der Waals surface area contributed by atoms with Crippen molar-refractivity contribution in [2.75, 3.05) is 33.5 Å². The fourth-order valence-electron chi connectivity index (χ4n) is 2.26. The maximum Gasteiger partial charge on any atom is 0.145 e. The Balaban J connectivity index is 1.87. The number of aromatic nitrogens is 1. The molecule has 0 aliphatic carbocycles. The summed E-state index contributed by atoms with van der Waals surface area (Å²) in [4.78, 5) is 4.36. The van der Waals surface area contributed by atoms with Gasteiger partial charge in [-0.25, -0.2) is 4.98 Å². The summed E-state index contributed by atoms with van der Waals surface area (Å²) in [6.45, 7) is 2.39. The van der Waals surface area contributed by atoms with Gasteiger partial charge < -0.3 is 18.9 Å². The number of nitrogens with zero attached hydrogens (tertiary/aromatic N) is 1. The summed E-state index contributed by atoms with van der Waals surface area (Å²) in [6.07, 6.45) is 0.868. The van der Waals surface area contributed by atoms with Gasteiger partial charge in [-0.3, -0.25) is 0 Å². The Bertz CT molecular complexity index is 458. The molecule has 0 amide bonds. The molecule has 0 N–H and O–H groups in total. The predicted molar refractivity (Wildman–Crippen MR) is 68.6 cm³/mol. The van der Waals surface area contributed by atoms with Crippen LogP contribution in [-0.2, 0) is 19.8 Å². The van der Waals surface area contributed by atoms with Gasteiger partial charge in [0.25, 0.3) is 0 Å². The molecular weight excluding hydrogens is 270 g/mol. The topological polar surface area (TPSA) is 49.8 Å². The monoisotopic (exact) mass is 285 g/mol. The Morgan fingerprint density at radius 1 is 1.37 bits per heavy atom. The summed E-state index contributed by atoms with van der Waals surface area (Å²) in [5, 5.41) is 0.399. The van der Waals surface area contributed by atoms with Crippen LogP contribution in [0, 0.1) is 0 Å². The maximum atomic E-state index is 6.07. The molecule has 2 fully saturated rings. The summed E-state index contributed by atoms with van der Waals surface area (Å²) in [5.74, 6) is 0.701. The van der Waals surface area contributed by atoms with Gasteiger partial charge in [-0.1, -0.05) is 11.6 Å². The lowest BCUT2D eigenvalue weighted by Gasteiger charge is -2.29. The van der Waals surface area contributed by atoms with Crippen LogP contribution in [0.5, 0.6) is 5.75 Å². The number of ether oxygens (including phenoxy) is 4. The highest BCUT2D eigenvalue weighted by molar-refractivity contribution is 6.29. The molecule has 3 heterocycles. The lowest BCUT2D eigenvalue weighted by Crippen LogP contribution is -2.38. The van der Waals surface area contributed by atoms with Gasteiger partial charge in [0.2, 0.25) is 0 Å². The van der Waals surface area contributed by atoms with Gasteiger partial charge in [0, 0.05) is 32.3 Å². The highest BCUT2D eigenvalue weighted by Crippen LogP contribution is 2.35. The van der Waals surface area contributed by atoms with Crippen LogP contribution in [0.1, 0.15) is 12.1 Å². The van der Waals surface area contributed by atoms with E-state index in [0.717, 1.165) is 12.1 Å². The molecule has 2 aliphatic rings. The number of halogens is 1. The van der Waals surface area contributed by atoms with Crippen molar-refractivity contribution in [3.63, 3.8) is 0 Å². The lowest BCUT2D eigenvalue weighted by atomic mass is 9.98. The highest BCUT2D eigenvalue weighted by Gasteiger charge is 2.39.